The number of benzene rings is 2. The third-order valence-electron chi connectivity index (χ3n) is 5.52. The maximum atomic E-state index is 13.4. The Labute approximate surface area is 161 Å². The lowest BCUT2D eigenvalue weighted by Crippen LogP contribution is -2.45. The van der Waals surface area contributed by atoms with E-state index in [1.807, 2.05) is 73.5 Å². The zero-order chi connectivity index (χ0) is 19.4. The van der Waals surface area contributed by atoms with Gasteiger partial charge >= 0.3 is 0 Å². The summed E-state index contributed by atoms with van der Waals surface area (Å²) in [6.07, 6.45) is 1.65. The molecule has 3 rings (SSSR count). The number of fused-ring (bicyclic) bond motifs is 1. The van der Waals surface area contributed by atoms with Gasteiger partial charge in [0.15, 0.2) is 0 Å². The molecule has 0 aromatic heterocycles. The number of hydrogen-bond donors (Lipinski definition) is 0. The van der Waals surface area contributed by atoms with Crippen molar-refractivity contribution in [3.8, 4) is 0 Å². The number of rotatable bonds is 7. The van der Waals surface area contributed by atoms with Gasteiger partial charge in [-0.25, -0.2) is 0 Å². The Balaban J connectivity index is 2.05. The molecule has 1 heterocycles. The Kier molecular flexibility index (Phi) is 5.64. The molecule has 0 aliphatic carbocycles. The van der Waals surface area contributed by atoms with Crippen molar-refractivity contribution in [1.29, 1.82) is 0 Å². The summed E-state index contributed by atoms with van der Waals surface area (Å²) in [5.74, 6) is 0.0576. The number of hydrogen-bond acceptors (Lipinski definition) is 2. The number of anilines is 1. The maximum absolute atomic E-state index is 13.4. The van der Waals surface area contributed by atoms with E-state index >= 15 is 0 Å². The first kappa shape index (κ1) is 19.2. The van der Waals surface area contributed by atoms with Crippen molar-refractivity contribution in [2.45, 2.75) is 38.5 Å². The Morgan fingerprint density at radius 1 is 1.04 bits per heavy atom. The molecule has 0 N–H and O–H groups in total. The van der Waals surface area contributed by atoms with Crippen molar-refractivity contribution in [2.75, 3.05) is 25.0 Å². The Morgan fingerprint density at radius 3 is 2.37 bits per heavy atom. The highest BCUT2D eigenvalue weighted by Gasteiger charge is 2.51. The molecule has 0 radical (unpaired) electrons. The van der Waals surface area contributed by atoms with E-state index in [1.54, 1.807) is 4.90 Å². The smallest absolute Gasteiger partial charge is 0.238 e. The van der Waals surface area contributed by atoms with Crippen molar-refractivity contribution in [1.82, 2.24) is 4.90 Å². The van der Waals surface area contributed by atoms with Crippen LogP contribution in [-0.4, -0.2) is 36.9 Å². The quantitative estimate of drug-likeness (QED) is 0.750. The number of carbonyl (C=O) groups excluding carboxylic acids is 2. The van der Waals surface area contributed by atoms with Crippen LogP contribution in [0.25, 0.3) is 0 Å². The average Bonchev–Trinajstić information content (AvgIpc) is 2.89. The first-order valence-corrected chi connectivity index (χ1v) is 9.73. The standard InChI is InChI=1S/C23H28N2O2/c1-4-15-25(5-2)21(26)17-23(16-18-11-7-6-8-12-18)19-13-9-10-14-20(19)24(3)22(23)27/h6-14H,4-5,15-17H2,1-3H3/t23-/m0/s1. The summed E-state index contributed by atoms with van der Waals surface area (Å²) in [5.41, 5.74) is 2.10. The fraction of sp³-hybridized carbons (Fsp3) is 0.391. The van der Waals surface area contributed by atoms with Crippen LogP contribution in [0.15, 0.2) is 54.6 Å². The van der Waals surface area contributed by atoms with Gasteiger partial charge in [0.05, 0.1) is 5.41 Å². The van der Waals surface area contributed by atoms with Gasteiger partial charge < -0.3 is 9.80 Å². The van der Waals surface area contributed by atoms with Gasteiger partial charge in [0.1, 0.15) is 0 Å². The number of amides is 2. The van der Waals surface area contributed by atoms with Crippen LogP contribution in [0.5, 0.6) is 0 Å². The molecule has 0 spiro atoms. The predicted molar refractivity (Wildman–Crippen MR) is 109 cm³/mol. The lowest BCUT2D eigenvalue weighted by molar-refractivity contribution is -0.136. The van der Waals surface area contributed by atoms with E-state index in [2.05, 4.69) is 6.92 Å². The summed E-state index contributed by atoms with van der Waals surface area (Å²) < 4.78 is 0. The molecule has 1 aliphatic rings. The Bertz CT molecular complexity index is 818. The normalized spacial score (nSPS) is 18.5. The Morgan fingerprint density at radius 2 is 1.70 bits per heavy atom. The van der Waals surface area contributed by atoms with Crippen LogP contribution in [-0.2, 0) is 21.4 Å². The molecule has 4 nitrogen and oxygen atoms in total. The number of likely N-dealkylation sites (N-methyl/N-ethyl adjacent to an activating group) is 1. The molecule has 1 aliphatic heterocycles. The van der Waals surface area contributed by atoms with Crippen LogP contribution in [0.2, 0.25) is 0 Å². The molecule has 4 heteroatoms. The van der Waals surface area contributed by atoms with Gasteiger partial charge in [-0.05, 0) is 37.0 Å². The molecule has 0 saturated carbocycles. The molecule has 0 saturated heterocycles. The zero-order valence-electron chi connectivity index (χ0n) is 16.4. The van der Waals surface area contributed by atoms with Crippen molar-refractivity contribution in [3.63, 3.8) is 0 Å². The van der Waals surface area contributed by atoms with Crippen molar-refractivity contribution in [3.05, 3.63) is 65.7 Å². The van der Waals surface area contributed by atoms with Crippen LogP contribution < -0.4 is 4.90 Å². The molecule has 0 fully saturated rings. The summed E-state index contributed by atoms with van der Waals surface area (Å²) in [4.78, 5) is 30.2. The van der Waals surface area contributed by atoms with E-state index in [4.69, 9.17) is 0 Å². The van der Waals surface area contributed by atoms with Crippen LogP contribution in [0, 0.1) is 0 Å². The van der Waals surface area contributed by atoms with E-state index in [9.17, 15) is 9.59 Å². The highest BCUT2D eigenvalue weighted by Crippen LogP contribution is 2.45. The van der Waals surface area contributed by atoms with Gasteiger partial charge in [0.2, 0.25) is 11.8 Å². The van der Waals surface area contributed by atoms with Crippen LogP contribution in [0.3, 0.4) is 0 Å². The minimum atomic E-state index is -0.842. The van der Waals surface area contributed by atoms with E-state index in [0.29, 0.717) is 13.0 Å². The molecular weight excluding hydrogens is 336 g/mol. The van der Waals surface area contributed by atoms with E-state index in [1.165, 1.54) is 0 Å². The largest absolute Gasteiger partial charge is 0.343 e. The van der Waals surface area contributed by atoms with Gasteiger partial charge in [-0.15, -0.1) is 0 Å². The average molecular weight is 364 g/mol. The summed E-state index contributed by atoms with van der Waals surface area (Å²) in [5, 5.41) is 0. The maximum Gasteiger partial charge on any atom is 0.238 e. The van der Waals surface area contributed by atoms with Crippen LogP contribution in [0.4, 0.5) is 5.69 Å². The molecule has 1 atom stereocenters. The number of para-hydroxylation sites is 1. The molecule has 2 aromatic rings. The van der Waals surface area contributed by atoms with Crippen LogP contribution in [0.1, 0.15) is 37.8 Å². The van der Waals surface area contributed by atoms with E-state index in [0.717, 1.165) is 29.8 Å². The van der Waals surface area contributed by atoms with Crippen molar-refractivity contribution < 1.29 is 9.59 Å². The van der Waals surface area contributed by atoms with Gasteiger partial charge in [-0.2, -0.15) is 0 Å². The molecule has 0 bridgehead atoms. The summed E-state index contributed by atoms with van der Waals surface area (Å²) in [6, 6.07) is 17.9. The third-order valence-corrected chi connectivity index (χ3v) is 5.52. The molecular formula is C23H28N2O2. The topological polar surface area (TPSA) is 40.6 Å². The molecule has 27 heavy (non-hydrogen) atoms. The second kappa shape index (κ2) is 7.95. The first-order chi connectivity index (χ1) is 13.0. The van der Waals surface area contributed by atoms with Crippen molar-refractivity contribution >= 4 is 17.5 Å². The number of nitrogens with zero attached hydrogens (tertiary/aromatic N) is 2. The first-order valence-electron chi connectivity index (χ1n) is 9.73. The third kappa shape index (κ3) is 3.48. The summed E-state index contributed by atoms with van der Waals surface area (Å²) >= 11 is 0. The predicted octanol–water partition coefficient (Wildman–Crippen LogP) is 3.79. The zero-order valence-corrected chi connectivity index (χ0v) is 16.4. The molecule has 2 amide bonds. The van der Waals surface area contributed by atoms with Gasteiger partial charge in [0, 0.05) is 32.2 Å². The highest BCUT2D eigenvalue weighted by atomic mass is 16.2. The van der Waals surface area contributed by atoms with E-state index < -0.39 is 5.41 Å². The number of carbonyl (C=O) groups is 2. The van der Waals surface area contributed by atoms with Crippen LogP contribution >= 0.6 is 0 Å². The SMILES string of the molecule is CCCN(CC)C(=O)C[C@]1(Cc2ccccc2)C(=O)N(C)c2ccccc21. The van der Waals surface area contributed by atoms with E-state index in [-0.39, 0.29) is 18.2 Å². The molecule has 2 aromatic carbocycles. The van der Waals surface area contributed by atoms with Gasteiger partial charge in [-0.1, -0.05) is 55.5 Å². The second-order valence-electron chi connectivity index (χ2n) is 7.28. The van der Waals surface area contributed by atoms with Gasteiger partial charge in [-0.3, -0.25) is 9.59 Å². The van der Waals surface area contributed by atoms with Crippen molar-refractivity contribution in [2.24, 2.45) is 0 Å². The minimum absolute atomic E-state index is 0.00783. The highest BCUT2D eigenvalue weighted by molar-refractivity contribution is 6.09. The lowest BCUT2D eigenvalue weighted by atomic mass is 9.73. The molecule has 142 valence electrons. The van der Waals surface area contributed by atoms with Gasteiger partial charge in [0.25, 0.3) is 0 Å². The second-order valence-corrected chi connectivity index (χ2v) is 7.28. The summed E-state index contributed by atoms with van der Waals surface area (Å²) in [7, 11) is 1.81. The fourth-order valence-electron chi connectivity index (χ4n) is 4.16. The Hall–Kier alpha value is -2.62. The minimum Gasteiger partial charge on any atom is -0.343 e. The summed E-state index contributed by atoms with van der Waals surface area (Å²) in [6.45, 7) is 5.45. The molecule has 0 unspecified atom stereocenters. The monoisotopic (exact) mass is 364 g/mol. The lowest BCUT2D eigenvalue weighted by Gasteiger charge is -2.31. The fourth-order valence-corrected chi connectivity index (χ4v) is 4.16.